The second-order valence-electron chi connectivity index (χ2n) is 6.32. The number of carbonyl (C=O) groups is 1. The first kappa shape index (κ1) is 15.4. The van der Waals surface area contributed by atoms with Crippen LogP contribution >= 0.6 is 0 Å². The number of fused-ring (bicyclic) bond motifs is 1. The average molecular weight is 338 g/mol. The van der Waals surface area contributed by atoms with Gasteiger partial charge in [0.2, 0.25) is 0 Å². The van der Waals surface area contributed by atoms with Crippen molar-refractivity contribution in [3.8, 4) is 0 Å². The summed E-state index contributed by atoms with van der Waals surface area (Å²) in [4.78, 5) is 25.7. The first-order valence-electron chi connectivity index (χ1n) is 8.24. The van der Waals surface area contributed by atoms with Crippen LogP contribution in [0.4, 0.5) is 17.1 Å². The standard InChI is InChI=1S/C18H18N4O3/c1-19-15-9-6-11(10-16(15)22(24)25)17-20-14-5-3-2-4-13(14)18(23)21(17)12-7-8-12/h2-6,9-10,12,17,19-20H,7-8H2,1H3. The fourth-order valence-electron chi connectivity index (χ4n) is 3.32. The molecule has 7 nitrogen and oxygen atoms in total. The summed E-state index contributed by atoms with van der Waals surface area (Å²) in [5.41, 5.74) is 2.57. The summed E-state index contributed by atoms with van der Waals surface area (Å²) in [5.74, 6) is -0.0257. The van der Waals surface area contributed by atoms with E-state index in [1.807, 2.05) is 35.2 Å². The molecule has 0 spiro atoms. The van der Waals surface area contributed by atoms with Crippen LogP contribution < -0.4 is 10.6 Å². The molecule has 4 rings (SSSR count). The van der Waals surface area contributed by atoms with Crippen molar-refractivity contribution in [3.63, 3.8) is 0 Å². The monoisotopic (exact) mass is 338 g/mol. The minimum absolute atomic E-state index is 0.00357. The van der Waals surface area contributed by atoms with E-state index >= 15 is 0 Å². The van der Waals surface area contributed by atoms with Crippen molar-refractivity contribution in [1.82, 2.24) is 4.90 Å². The van der Waals surface area contributed by atoms with Crippen LogP contribution in [0, 0.1) is 10.1 Å². The Morgan fingerprint density at radius 1 is 1.24 bits per heavy atom. The van der Waals surface area contributed by atoms with Crippen LogP contribution in [0.3, 0.4) is 0 Å². The van der Waals surface area contributed by atoms with E-state index in [0.717, 1.165) is 18.5 Å². The van der Waals surface area contributed by atoms with Crippen molar-refractivity contribution in [1.29, 1.82) is 0 Å². The van der Waals surface area contributed by atoms with Gasteiger partial charge in [-0.3, -0.25) is 14.9 Å². The normalized spacial score (nSPS) is 19.2. The highest BCUT2D eigenvalue weighted by molar-refractivity contribution is 6.02. The minimum Gasteiger partial charge on any atom is -0.383 e. The molecule has 128 valence electrons. The molecule has 2 N–H and O–H groups in total. The van der Waals surface area contributed by atoms with Gasteiger partial charge in [0, 0.05) is 30.4 Å². The van der Waals surface area contributed by atoms with Gasteiger partial charge in [-0.15, -0.1) is 0 Å². The quantitative estimate of drug-likeness (QED) is 0.659. The highest BCUT2D eigenvalue weighted by Crippen LogP contribution is 2.41. The number of rotatable bonds is 4. The van der Waals surface area contributed by atoms with Crippen LogP contribution in [0.2, 0.25) is 0 Å². The molecule has 1 saturated carbocycles. The zero-order valence-corrected chi connectivity index (χ0v) is 13.7. The first-order valence-corrected chi connectivity index (χ1v) is 8.24. The number of hydrogen-bond donors (Lipinski definition) is 2. The van der Waals surface area contributed by atoms with Crippen LogP contribution in [0.5, 0.6) is 0 Å². The number of nitrogens with zero attached hydrogens (tertiary/aromatic N) is 2. The molecule has 7 heteroatoms. The van der Waals surface area contributed by atoms with Gasteiger partial charge >= 0.3 is 0 Å². The number of para-hydroxylation sites is 1. The summed E-state index contributed by atoms with van der Waals surface area (Å²) in [6.07, 6.45) is 1.52. The molecule has 1 unspecified atom stereocenters. The topological polar surface area (TPSA) is 87.5 Å². The smallest absolute Gasteiger partial charge is 0.292 e. The van der Waals surface area contributed by atoms with Crippen molar-refractivity contribution in [2.45, 2.75) is 25.0 Å². The Bertz CT molecular complexity index is 863. The highest BCUT2D eigenvalue weighted by atomic mass is 16.6. The third-order valence-corrected chi connectivity index (χ3v) is 4.71. The van der Waals surface area contributed by atoms with E-state index in [-0.39, 0.29) is 17.6 Å². The number of carbonyl (C=O) groups excluding carboxylic acids is 1. The summed E-state index contributed by atoms with van der Waals surface area (Å²) in [7, 11) is 1.65. The van der Waals surface area contributed by atoms with Crippen molar-refractivity contribution in [3.05, 3.63) is 63.7 Å². The van der Waals surface area contributed by atoms with Gasteiger partial charge in [0.15, 0.2) is 0 Å². The molecule has 1 atom stereocenters. The van der Waals surface area contributed by atoms with Crippen molar-refractivity contribution in [2.24, 2.45) is 0 Å². The fourth-order valence-corrected chi connectivity index (χ4v) is 3.32. The Kier molecular flexibility index (Phi) is 3.56. The lowest BCUT2D eigenvalue weighted by Crippen LogP contribution is -2.44. The zero-order valence-electron chi connectivity index (χ0n) is 13.7. The van der Waals surface area contributed by atoms with E-state index in [0.29, 0.717) is 16.8 Å². The maximum absolute atomic E-state index is 13.0. The summed E-state index contributed by atoms with van der Waals surface area (Å²) >= 11 is 0. The molecule has 2 aliphatic rings. The van der Waals surface area contributed by atoms with Gasteiger partial charge in [0.05, 0.1) is 10.5 Å². The number of nitro groups is 1. The predicted octanol–water partition coefficient (Wildman–Crippen LogP) is 3.37. The molecule has 25 heavy (non-hydrogen) atoms. The van der Waals surface area contributed by atoms with Crippen LogP contribution in [-0.4, -0.2) is 28.8 Å². The molecule has 0 aromatic heterocycles. The van der Waals surface area contributed by atoms with Gasteiger partial charge in [-0.1, -0.05) is 18.2 Å². The highest BCUT2D eigenvalue weighted by Gasteiger charge is 2.42. The largest absolute Gasteiger partial charge is 0.383 e. The third-order valence-electron chi connectivity index (χ3n) is 4.71. The van der Waals surface area contributed by atoms with Gasteiger partial charge in [0.1, 0.15) is 11.9 Å². The van der Waals surface area contributed by atoms with Crippen LogP contribution in [0.1, 0.15) is 34.9 Å². The van der Waals surface area contributed by atoms with E-state index in [1.54, 1.807) is 19.2 Å². The van der Waals surface area contributed by atoms with Gasteiger partial charge < -0.3 is 15.5 Å². The zero-order chi connectivity index (χ0) is 17.6. The van der Waals surface area contributed by atoms with Crippen molar-refractivity contribution < 1.29 is 9.72 Å². The predicted molar refractivity (Wildman–Crippen MR) is 94.6 cm³/mol. The van der Waals surface area contributed by atoms with E-state index < -0.39 is 11.1 Å². The van der Waals surface area contributed by atoms with Crippen LogP contribution in [0.25, 0.3) is 0 Å². The first-order chi connectivity index (χ1) is 12.1. The van der Waals surface area contributed by atoms with Gasteiger partial charge in [-0.25, -0.2) is 0 Å². The van der Waals surface area contributed by atoms with Gasteiger partial charge in [0.25, 0.3) is 11.6 Å². The van der Waals surface area contributed by atoms with E-state index in [2.05, 4.69) is 10.6 Å². The van der Waals surface area contributed by atoms with Crippen LogP contribution in [-0.2, 0) is 0 Å². The molecule has 0 radical (unpaired) electrons. The fraction of sp³-hybridized carbons (Fsp3) is 0.278. The number of hydrogen-bond acceptors (Lipinski definition) is 5. The van der Waals surface area contributed by atoms with E-state index in [4.69, 9.17) is 0 Å². The molecule has 1 aliphatic heterocycles. The number of nitro benzene ring substituents is 1. The second-order valence-corrected chi connectivity index (χ2v) is 6.32. The van der Waals surface area contributed by atoms with E-state index in [1.165, 1.54) is 0 Å². The molecule has 2 aromatic carbocycles. The van der Waals surface area contributed by atoms with Gasteiger partial charge in [-0.2, -0.15) is 0 Å². The molecular weight excluding hydrogens is 320 g/mol. The maximum Gasteiger partial charge on any atom is 0.292 e. The lowest BCUT2D eigenvalue weighted by molar-refractivity contribution is -0.384. The number of benzene rings is 2. The Hall–Kier alpha value is -3.09. The van der Waals surface area contributed by atoms with Crippen LogP contribution in [0.15, 0.2) is 42.5 Å². The molecule has 1 fully saturated rings. The maximum atomic E-state index is 13.0. The molecule has 1 amide bonds. The number of anilines is 2. The average Bonchev–Trinajstić information content (AvgIpc) is 3.46. The molecule has 0 saturated heterocycles. The summed E-state index contributed by atoms with van der Waals surface area (Å²) < 4.78 is 0. The molecule has 1 heterocycles. The van der Waals surface area contributed by atoms with Gasteiger partial charge in [-0.05, 0) is 31.0 Å². The summed E-state index contributed by atoms with van der Waals surface area (Å²) in [6, 6.07) is 12.6. The number of nitrogens with one attached hydrogen (secondary N) is 2. The Labute approximate surface area is 144 Å². The molecule has 1 aliphatic carbocycles. The Balaban J connectivity index is 1.80. The molecular formula is C18H18N4O3. The Morgan fingerprint density at radius 3 is 2.68 bits per heavy atom. The Morgan fingerprint density at radius 2 is 2.00 bits per heavy atom. The second kappa shape index (κ2) is 5.77. The number of amides is 1. The summed E-state index contributed by atoms with van der Waals surface area (Å²) in [5, 5.41) is 17.6. The lowest BCUT2D eigenvalue weighted by Gasteiger charge is -2.38. The summed E-state index contributed by atoms with van der Waals surface area (Å²) in [6.45, 7) is 0. The third kappa shape index (κ3) is 2.57. The van der Waals surface area contributed by atoms with Crippen molar-refractivity contribution >= 4 is 23.0 Å². The van der Waals surface area contributed by atoms with E-state index in [9.17, 15) is 14.9 Å². The lowest BCUT2D eigenvalue weighted by atomic mass is 10.0. The SMILES string of the molecule is CNc1ccc(C2Nc3ccccc3C(=O)N2C2CC2)cc1[N+](=O)[O-]. The minimum atomic E-state index is -0.407. The molecule has 2 aromatic rings. The van der Waals surface area contributed by atoms with Crippen molar-refractivity contribution in [2.75, 3.05) is 17.7 Å². The molecule has 0 bridgehead atoms.